The lowest BCUT2D eigenvalue weighted by Gasteiger charge is -2.57. The fourth-order valence-electron chi connectivity index (χ4n) is 5.52. The molecular formula is C20H30N2O3. The first-order valence-electron chi connectivity index (χ1n) is 9.94. The van der Waals surface area contributed by atoms with Crippen LogP contribution in [-0.2, 0) is 14.3 Å². The number of esters is 1. The Morgan fingerprint density at radius 2 is 1.96 bits per heavy atom. The van der Waals surface area contributed by atoms with E-state index < -0.39 is 0 Å². The van der Waals surface area contributed by atoms with Gasteiger partial charge in [0.15, 0.2) is 0 Å². The van der Waals surface area contributed by atoms with E-state index in [9.17, 15) is 9.59 Å². The summed E-state index contributed by atoms with van der Waals surface area (Å²) < 4.78 is 5.74. The molecule has 0 aromatic rings. The van der Waals surface area contributed by atoms with Gasteiger partial charge in [0, 0.05) is 50.1 Å². The quantitative estimate of drug-likeness (QED) is 0.569. The van der Waals surface area contributed by atoms with E-state index in [1.54, 1.807) is 0 Å². The molecule has 0 aromatic heterocycles. The van der Waals surface area contributed by atoms with Gasteiger partial charge in [-0.2, -0.15) is 0 Å². The first-order chi connectivity index (χ1) is 12.1. The molecule has 0 aliphatic carbocycles. The van der Waals surface area contributed by atoms with Gasteiger partial charge < -0.3 is 9.64 Å². The Morgan fingerprint density at radius 1 is 1.16 bits per heavy atom. The smallest absolute Gasteiger partial charge is 0.333 e. The van der Waals surface area contributed by atoms with Crippen LogP contribution in [0.25, 0.3) is 0 Å². The molecule has 0 N–H and O–H groups in total. The molecule has 3 unspecified atom stereocenters. The lowest BCUT2D eigenvalue weighted by atomic mass is 9.70. The van der Waals surface area contributed by atoms with Crippen LogP contribution in [0.1, 0.15) is 52.4 Å². The van der Waals surface area contributed by atoms with Crippen molar-refractivity contribution in [1.29, 1.82) is 0 Å². The van der Waals surface area contributed by atoms with Crippen LogP contribution < -0.4 is 0 Å². The van der Waals surface area contributed by atoms with E-state index in [0.717, 1.165) is 45.3 Å². The zero-order chi connectivity index (χ0) is 17.6. The Balaban J connectivity index is 1.44. The number of allylic oxidation sites excluding steroid dienone is 1. The van der Waals surface area contributed by atoms with Crippen LogP contribution in [0.15, 0.2) is 11.6 Å². The molecule has 5 atom stereocenters. The average Bonchev–Trinajstić information content (AvgIpc) is 2.62. The number of hydrogen-bond donors (Lipinski definition) is 0. The number of rotatable bonds is 2. The van der Waals surface area contributed by atoms with Crippen molar-refractivity contribution >= 4 is 11.9 Å². The van der Waals surface area contributed by atoms with E-state index in [1.165, 1.54) is 12.8 Å². The topological polar surface area (TPSA) is 49.9 Å². The second-order valence-corrected chi connectivity index (χ2v) is 8.35. The fraction of sp³-hybridized carbons (Fsp3) is 0.800. The van der Waals surface area contributed by atoms with E-state index in [4.69, 9.17) is 4.74 Å². The number of hydrogen-bond acceptors (Lipinski definition) is 4. The highest BCUT2D eigenvalue weighted by molar-refractivity contribution is 5.87. The Bertz CT molecular complexity index is 587. The van der Waals surface area contributed by atoms with E-state index in [2.05, 4.69) is 9.80 Å². The summed E-state index contributed by atoms with van der Waals surface area (Å²) in [6, 6.07) is 0.940. The molecule has 0 saturated carbocycles. The van der Waals surface area contributed by atoms with E-state index in [-0.39, 0.29) is 12.1 Å². The molecule has 5 heteroatoms. The Labute approximate surface area is 150 Å². The zero-order valence-corrected chi connectivity index (χ0v) is 15.4. The van der Waals surface area contributed by atoms with Crippen molar-refractivity contribution in [2.45, 2.75) is 70.6 Å². The molecule has 4 heterocycles. The lowest BCUT2D eigenvalue weighted by Crippen LogP contribution is -2.65. The van der Waals surface area contributed by atoms with Crippen molar-refractivity contribution in [3.05, 3.63) is 11.6 Å². The normalized spacial score (nSPS) is 38.8. The Morgan fingerprint density at radius 3 is 2.76 bits per heavy atom. The van der Waals surface area contributed by atoms with Gasteiger partial charge in [0.2, 0.25) is 5.91 Å². The van der Waals surface area contributed by atoms with Crippen molar-refractivity contribution in [2.24, 2.45) is 11.8 Å². The van der Waals surface area contributed by atoms with Gasteiger partial charge in [-0.3, -0.25) is 9.69 Å². The molecular weight excluding hydrogens is 316 g/mol. The molecule has 25 heavy (non-hydrogen) atoms. The first kappa shape index (κ1) is 17.1. The highest BCUT2D eigenvalue weighted by Crippen LogP contribution is 2.43. The largest absolute Gasteiger partial charge is 0.459 e. The summed E-state index contributed by atoms with van der Waals surface area (Å²) in [6.07, 6.45) is 7.91. The van der Waals surface area contributed by atoms with E-state index >= 15 is 0 Å². The maximum absolute atomic E-state index is 12.4. The van der Waals surface area contributed by atoms with Crippen LogP contribution in [-0.4, -0.2) is 59.5 Å². The maximum atomic E-state index is 12.4. The predicted octanol–water partition coefficient (Wildman–Crippen LogP) is 2.36. The third-order valence-electron chi connectivity index (χ3n) is 6.95. The van der Waals surface area contributed by atoms with Crippen LogP contribution in [0, 0.1) is 11.8 Å². The van der Waals surface area contributed by atoms with Gasteiger partial charge in [0.05, 0.1) is 0 Å². The molecule has 4 aliphatic rings. The second-order valence-electron chi connectivity index (χ2n) is 8.35. The van der Waals surface area contributed by atoms with Crippen molar-refractivity contribution in [3.8, 4) is 0 Å². The van der Waals surface area contributed by atoms with Gasteiger partial charge >= 0.3 is 5.97 Å². The second kappa shape index (κ2) is 6.75. The first-order valence-corrected chi connectivity index (χ1v) is 9.94. The minimum atomic E-state index is -0.176. The molecule has 138 valence electrons. The number of carbonyl (C=O) groups is 2. The van der Waals surface area contributed by atoms with Gasteiger partial charge in [-0.25, -0.2) is 4.79 Å². The molecule has 0 radical (unpaired) electrons. The summed E-state index contributed by atoms with van der Waals surface area (Å²) in [5.41, 5.74) is 0.686. The molecule has 4 rings (SSSR count). The van der Waals surface area contributed by atoms with Crippen molar-refractivity contribution in [2.75, 3.05) is 19.6 Å². The minimum Gasteiger partial charge on any atom is -0.459 e. The van der Waals surface area contributed by atoms with E-state index in [0.29, 0.717) is 35.4 Å². The summed E-state index contributed by atoms with van der Waals surface area (Å²) >= 11 is 0. The molecule has 0 aromatic carbocycles. The standard InChI is InChI=1S/C20H30N2O3/c1-3-13(2)20(24)25-16-7-8-21-11-14-9-15(18(21)10-16)12-22-17(14)5-4-6-19(22)23/h3,14-18H,4-12H2,1-2H3/b13-3+/t14?,15?,16?,17-,18+/m0/s1. The SMILES string of the molecule is C/C=C(\C)C(=O)OC1CCN2CC3CC(CN4C(=O)CCC[C@@H]34)[C@H]2C1. The van der Waals surface area contributed by atoms with Crippen LogP contribution in [0.3, 0.4) is 0 Å². The van der Waals surface area contributed by atoms with Crippen LogP contribution >= 0.6 is 0 Å². The summed E-state index contributed by atoms with van der Waals surface area (Å²) in [5, 5.41) is 0. The molecule has 4 fully saturated rings. The summed E-state index contributed by atoms with van der Waals surface area (Å²) in [7, 11) is 0. The molecule has 0 spiro atoms. The third-order valence-corrected chi connectivity index (χ3v) is 6.95. The average molecular weight is 346 g/mol. The molecule has 2 bridgehead atoms. The Kier molecular flexibility index (Phi) is 4.61. The summed E-state index contributed by atoms with van der Waals surface area (Å²) in [6.45, 7) is 6.73. The van der Waals surface area contributed by atoms with Crippen molar-refractivity contribution in [3.63, 3.8) is 0 Å². The third kappa shape index (κ3) is 3.12. The lowest BCUT2D eigenvalue weighted by molar-refractivity contribution is -0.156. The molecule has 1 amide bonds. The van der Waals surface area contributed by atoms with Gasteiger partial charge in [0.25, 0.3) is 0 Å². The number of amides is 1. The van der Waals surface area contributed by atoms with Crippen LogP contribution in [0.5, 0.6) is 0 Å². The Hall–Kier alpha value is -1.36. The maximum Gasteiger partial charge on any atom is 0.333 e. The predicted molar refractivity (Wildman–Crippen MR) is 94.9 cm³/mol. The number of ether oxygens (including phenoxy) is 1. The van der Waals surface area contributed by atoms with Gasteiger partial charge in [-0.15, -0.1) is 0 Å². The monoisotopic (exact) mass is 346 g/mol. The zero-order valence-electron chi connectivity index (χ0n) is 15.4. The van der Waals surface area contributed by atoms with Crippen molar-refractivity contribution in [1.82, 2.24) is 9.80 Å². The minimum absolute atomic E-state index is 0.0231. The summed E-state index contributed by atoms with van der Waals surface area (Å²) in [4.78, 5) is 29.3. The fourth-order valence-corrected chi connectivity index (χ4v) is 5.52. The van der Waals surface area contributed by atoms with Gasteiger partial charge in [0.1, 0.15) is 6.10 Å². The van der Waals surface area contributed by atoms with Crippen molar-refractivity contribution < 1.29 is 14.3 Å². The number of piperidine rings is 4. The number of nitrogens with zero attached hydrogens (tertiary/aromatic N) is 2. The van der Waals surface area contributed by atoms with Crippen LogP contribution in [0.2, 0.25) is 0 Å². The van der Waals surface area contributed by atoms with Crippen LogP contribution in [0.4, 0.5) is 0 Å². The summed E-state index contributed by atoms with van der Waals surface area (Å²) in [5.74, 6) is 1.37. The number of fused-ring (bicyclic) bond motifs is 6. The number of carbonyl (C=O) groups excluding carboxylic acids is 2. The highest BCUT2D eigenvalue weighted by Gasteiger charge is 2.49. The van der Waals surface area contributed by atoms with Gasteiger partial charge in [-0.1, -0.05) is 6.08 Å². The molecule has 5 nitrogen and oxygen atoms in total. The van der Waals surface area contributed by atoms with Gasteiger partial charge in [-0.05, 0) is 51.4 Å². The highest BCUT2D eigenvalue weighted by atomic mass is 16.5. The molecule has 4 saturated heterocycles. The molecule has 4 aliphatic heterocycles. The van der Waals surface area contributed by atoms with E-state index in [1.807, 2.05) is 19.9 Å².